The maximum atomic E-state index is 13.7. The zero-order chi connectivity index (χ0) is 23.9. The number of phenolic OH excluding ortho intramolecular Hbond substituents is 2. The fraction of sp³-hybridized carbons (Fsp3) is 0.348. The van der Waals surface area contributed by atoms with Crippen LogP contribution in [0.5, 0.6) is 11.5 Å². The molecule has 0 aliphatic heterocycles. The Balaban J connectivity index is 2.12. The van der Waals surface area contributed by atoms with Gasteiger partial charge < -0.3 is 26.2 Å². The molecule has 9 nitrogen and oxygen atoms in total. The number of aliphatic hydroxyl groups excluding tert-OH is 1. The maximum Gasteiger partial charge on any atom is 0.255 e. The highest BCUT2D eigenvalue weighted by molar-refractivity contribution is 6.25. The predicted molar refractivity (Wildman–Crippen MR) is 115 cm³/mol. The summed E-state index contributed by atoms with van der Waals surface area (Å²) in [5.41, 5.74) is 3.00. The van der Waals surface area contributed by atoms with E-state index in [2.05, 4.69) is 0 Å². The zero-order valence-electron chi connectivity index (χ0n) is 18.1. The zero-order valence-corrected chi connectivity index (χ0v) is 18.1. The summed E-state index contributed by atoms with van der Waals surface area (Å²) >= 11 is 0. The number of amides is 1. The summed E-state index contributed by atoms with van der Waals surface area (Å²) in [5.74, 6) is -6.12. The smallest absolute Gasteiger partial charge is 0.255 e. The van der Waals surface area contributed by atoms with Crippen molar-refractivity contribution in [2.45, 2.75) is 31.9 Å². The van der Waals surface area contributed by atoms with Gasteiger partial charge in [-0.05, 0) is 56.4 Å². The number of nitrogens with two attached hydrogens (primary N) is 1. The number of primary amides is 1. The molecule has 0 aromatic heterocycles. The quantitative estimate of drug-likeness (QED) is 0.428. The molecule has 0 radical (unpaired) electrons. The predicted octanol–water partition coefficient (Wildman–Crippen LogP) is 0.764. The van der Waals surface area contributed by atoms with Crippen molar-refractivity contribution in [3.8, 4) is 11.5 Å². The second-order valence-electron chi connectivity index (χ2n) is 8.75. The molecule has 3 unspecified atom stereocenters. The highest BCUT2D eigenvalue weighted by Gasteiger charge is 2.62. The summed E-state index contributed by atoms with van der Waals surface area (Å²) in [6, 6.07) is 2.26. The van der Waals surface area contributed by atoms with Gasteiger partial charge in [-0.25, -0.2) is 0 Å². The Morgan fingerprint density at radius 2 is 1.75 bits per heavy atom. The molecule has 0 saturated carbocycles. The first kappa shape index (κ1) is 21.8. The van der Waals surface area contributed by atoms with E-state index in [-0.39, 0.29) is 23.1 Å². The number of aryl methyl sites for hydroxylation is 2. The topological polar surface area (TPSA) is 161 Å². The molecule has 6 N–H and O–H groups in total. The molecule has 168 valence electrons. The second kappa shape index (κ2) is 6.78. The number of hydrogen-bond donors (Lipinski definition) is 5. The molecule has 32 heavy (non-hydrogen) atoms. The number of Topliss-reactive ketones (excluding diaryl/α,β-unsaturated/α-hetero) is 2. The summed E-state index contributed by atoms with van der Waals surface area (Å²) in [7, 11) is 3.10. The van der Waals surface area contributed by atoms with Gasteiger partial charge in [0.25, 0.3) is 5.91 Å². The largest absolute Gasteiger partial charge is 0.508 e. The van der Waals surface area contributed by atoms with Gasteiger partial charge in [0.15, 0.2) is 11.4 Å². The molecule has 0 bridgehead atoms. The minimum absolute atomic E-state index is 0.0475. The van der Waals surface area contributed by atoms with E-state index in [1.807, 2.05) is 0 Å². The van der Waals surface area contributed by atoms with Crippen LogP contribution in [0.15, 0.2) is 23.5 Å². The van der Waals surface area contributed by atoms with Crippen LogP contribution in [0, 0.1) is 19.8 Å². The Morgan fingerprint density at radius 3 is 2.31 bits per heavy atom. The number of nitrogens with zero attached hydrogens (tertiary/aromatic N) is 1. The average molecular weight is 440 g/mol. The van der Waals surface area contributed by atoms with Gasteiger partial charge >= 0.3 is 0 Å². The lowest BCUT2D eigenvalue weighted by Crippen LogP contribution is -2.64. The third-order valence-corrected chi connectivity index (χ3v) is 6.84. The number of aliphatic hydroxyl groups is 2. The molecular weight excluding hydrogens is 416 g/mol. The van der Waals surface area contributed by atoms with Gasteiger partial charge in [0.2, 0.25) is 5.78 Å². The van der Waals surface area contributed by atoms with Crippen LogP contribution in [0.1, 0.15) is 27.0 Å². The van der Waals surface area contributed by atoms with Crippen LogP contribution in [-0.2, 0) is 16.0 Å². The Bertz CT molecular complexity index is 1280. The number of fused-ring (bicyclic) bond motifs is 3. The molecule has 0 heterocycles. The first-order valence-electron chi connectivity index (χ1n) is 10.0. The fourth-order valence-corrected chi connectivity index (χ4v) is 5.19. The Labute approximate surface area is 183 Å². The SMILES string of the molecule is Cc1ccc2c(C)c3c(c(O)c2c1O)C(=O)C1(O)C(O)=C(C(N)=O)C(=O)C(N(C)C)C1C3. The fourth-order valence-electron chi connectivity index (χ4n) is 5.19. The van der Waals surface area contributed by atoms with Crippen molar-refractivity contribution in [2.75, 3.05) is 14.1 Å². The van der Waals surface area contributed by atoms with Gasteiger partial charge in [-0.1, -0.05) is 12.1 Å². The van der Waals surface area contributed by atoms with Crippen LogP contribution in [-0.4, -0.2) is 68.5 Å². The standard InChI is InChI=1S/C23H24N2O7/c1-8-5-6-10-9(2)11-7-12-16(25(3)4)19(28)15(22(24)31)21(30)23(12,32)20(29)14(11)18(27)13(10)17(8)26/h5-6,12,16,26-27,30,32H,7H2,1-4H3,(H2,24,31). The third kappa shape index (κ3) is 2.49. The van der Waals surface area contributed by atoms with Gasteiger partial charge in [-0.2, -0.15) is 0 Å². The van der Waals surface area contributed by atoms with Crippen molar-refractivity contribution in [1.82, 2.24) is 4.90 Å². The van der Waals surface area contributed by atoms with Crippen LogP contribution >= 0.6 is 0 Å². The molecule has 0 saturated heterocycles. The van der Waals surface area contributed by atoms with E-state index < -0.39 is 52.1 Å². The van der Waals surface area contributed by atoms with Crippen LogP contribution in [0.25, 0.3) is 10.8 Å². The molecule has 4 rings (SSSR count). The molecule has 2 aliphatic rings. The van der Waals surface area contributed by atoms with Gasteiger partial charge in [0, 0.05) is 5.92 Å². The summed E-state index contributed by atoms with van der Waals surface area (Å²) in [4.78, 5) is 40.1. The number of benzene rings is 2. The van der Waals surface area contributed by atoms with E-state index in [1.165, 1.54) is 4.90 Å². The molecule has 3 atom stereocenters. The normalized spacial score (nSPS) is 25.3. The Kier molecular flexibility index (Phi) is 4.62. The van der Waals surface area contributed by atoms with Crippen molar-refractivity contribution in [3.05, 3.63) is 45.7 Å². The monoisotopic (exact) mass is 440 g/mol. The lowest BCUT2D eigenvalue weighted by Gasteiger charge is -2.47. The number of rotatable bonds is 2. The number of carbonyl (C=O) groups is 3. The third-order valence-electron chi connectivity index (χ3n) is 6.84. The van der Waals surface area contributed by atoms with Gasteiger partial charge in [0.1, 0.15) is 22.8 Å². The lowest BCUT2D eigenvalue weighted by atomic mass is 9.61. The Morgan fingerprint density at radius 1 is 1.12 bits per heavy atom. The van der Waals surface area contributed by atoms with E-state index in [1.54, 1.807) is 40.1 Å². The van der Waals surface area contributed by atoms with E-state index in [9.17, 15) is 34.8 Å². The van der Waals surface area contributed by atoms with E-state index in [4.69, 9.17) is 5.73 Å². The molecule has 2 aliphatic carbocycles. The number of ketones is 2. The lowest BCUT2D eigenvalue weighted by molar-refractivity contribution is -0.132. The summed E-state index contributed by atoms with van der Waals surface area (Å²) in [6.07, 6.45) is -0.0494. The second-order valence-corrected chi connectivity index (χ2v) is 8.75. The van der Waals surface area contributed by atoms with Crippen molar-refractivity contribution >= 4 is 28.2 Å². The van der Waals surface area contributed by atoms with Crippen LogP contribution < -0.4 is 5.73 Å². The molecule has 1 amide bonds. The Hall–Kier alpha value is -3.43. The molecule has 2 aromatic rings. The van der Waals surface area contributed by atoms with Crippen molar-refractivity contribution < 1.29 is 34.8 Å². The van der Waals surface area contributed by atoms with Crippen molar-refractivity contribution in [2.24, 2.45) is 11.7 Å². The van der Waals surface area contributed by atoms with Crippen LogP contribution in [0.2, 0.25) is 0 Å². The van der Waals surface area contributed by atoms with E-state index in [0.717, 1.165) is 0 Å². The highest BCUT2D eigenvalue weighted by atomic mass is 16.3. The van der Waals surface area contributed by atoms with Gasteiger partial charge in [-0.3, -0.25) is 19.3 Å². The molecule has 0 fully saturated rings. The first-order valence-corrected chi connectivity index (χ1v) is 10.0. The van der Waals surface area contributed by atoms with Crippen LogP contribution in [0.3, 0.4) is 0 Å². The first-order chi connectivity index (χ1) is 14.8. The number of likely N-dealkylation sites (N-methyl/N-ethyl adjacent to an activating group) is 1. The minimum Gasteiger partial charge on any atom is -0.508 e. The number of hydrogen-bond acceptors (Lipinski definition) is 8. The van der Waals surface area contributed by atoms with E-state index in [0.29, 0.717) is 22.1 Å². The summed E-state index contributed by atoms with van der Waals surface area (Å²) in [5, 5.41) is 44.4. The summed E-state index contributed by atoms with van der Waals surface area (Å²) < 4.78 is 0. The van der Waals surface area contributed by atoms with E-state index >= 15 is 0 Å². The van der Waals surface area contributed by atoms with Crippen molar-refractivity contribution in [1.29, 1.82) is 0 Å². The molecular formula is C23H24N2O7. The van der Waals surface area contributed by atoms with Crippen LogP contribution in [0.4, 0.5) is 0 Å². The molecule has 0 spiro atoms. The highest BCUT2D eigenvalue weighted by Crippen LogP contribution is 2.51. The minimum atomic E-state index is -2.66. The molecule has 9 heteroatoms. The number of carbonyl (C=O) groups excluding carboxylic acids is 3. The maximum absolute atomic E-state index is 13.7. The van der Waals surface area contributed by atoms with Crippen molar-refractivity contribution in [3.63, 3.8) is 0 Å². The average Bonchev–Trinajstić information content (AvgIpc) is 2.70. The molecule has 2 aromatic carbocycles. The number of aromatic hydroxyl groups is 2. The number of phenols is 2. The summed E-state index contributed by atoms with van der Waals surface area (Å²) in [6.45, 7) is 3.35. The van der Waals surface area contributed by atoms with Gasteiger partial charge in [-0.15, -0.1) is 0 Å². The van der Waals surface area contributed by atoms with Gasteiger partial charge in [0.05, 0.1) is 17.0 Å².